The molecule has 3 rings (SSSR count). The lowest BCUT2D eigenvalue weighted by molar-refractivity contribution is -0.122. The summed E-state index contributed by atoms with van der Waals surface area (Å²) in [6.45, 7) is 8.21. The van der Waals surface area contributed by atoms with Crippen molar-refractivity contribution < 1.29 is 19.1 Å². The molecule has 0 bridgehead atoms. The molecule has 0 aliphatic carbocycles. The van der Waals surface area contributed by atoms with Gasteiger partial charge in [0.25, 0.3) is 11.8 Å². The summed E-state index contributed by atoms with van der Waals surface area (Å²) in [7, 11) is 1.55. The van der Waals surface area contributed by atoms with E-state index in [2.05, 4.69) is 19.2 Å². The zero-order chi connectivity index (χ0) is 23.4. The Balaban J connectivity index is 1.93. The first kappa shape index (κ1) is 23.5. The van der Waals surface area contributed by atoms with Crippen molar-refractivity contribution in [3.63, 3.8) is 0 Å². The molecule has 1 N–H and O–H groups in total. The summed E-state index contributed by atoms with van der Waals surface area (Å²) in [4.78, 5) is 27.1. The predicted molar refractivity (Wildman–Crippen MR) is 130 cm³/mol. The SMILES string of the molecule is CC[C@@H](C)Oc1ccc(/C=C2\C(=O)NC(=S)N(c3ccc(C(C)C)cc3)C2=O)cc1OC. The molecule has 1 atom stereocenters. The van der Waals surface area contributed by atoms with E-state index in [9.17, 15) is 9.59 Å². The zero-order valence-electron chi connectivity index (χ0n) is 19.0. The van der Waals surface area contributed by atoms with Gasteiger partial charge in [0, 0.05) is 0 Å². The molecule has 0 aromatic heterocycles. The van der Waals surface area contributed by atoms with Gasteiger partial charge in [-0.1, -0.05) is 39.0 Å². The highest BCUT2D eigenvalue weighted by Gasteiger charge is 2.34. The third-order valence-electron chi connectivity index (χ3n) is 5.32. The minimum atomic E-state index is -0.533. The van der Waals surface area contributed by atoms with Crippen molar-refractivity contribution in [2.45, 2.75) is 46.1 Å². The molecule has 2 aromatic carbocycles. The first-order valence-corrected chi connectivity index (χ1v) is 11.0. The van der Waals surface area contributed by atoms with Gasteiger partial charge in [-0.25, -0.2) is 0 Å². The van der Waals surface area contributed by atoms with Crippen LogP contribution < -0.4 is 19.7 Å². The van der Waals surface area contributed by atoms with E-state index in [0.717, 1.165) is 12.0 Å². The van der Waals surface area contributed by atoms with Crippen molar-refractivity contribution in [3.05, 3.63) is 59.2 Å². The van der Waals surface area contributed by atoms with Crippen molar-refractivity contribution in [1.82, 2.24) is 5.32 Å². The molecule has 1 saturated heterocycles. The summed E-state index contributed by atoms with van der Waals surface area (Å²) < 4.78 is 11.3. The van der Waals surface area contributed by atoms with Crippen LogP contribution in [0.4, 0.5) is 5.69 Å². The molecule has 1 heterocycles. The molecular formula is C25H28N2O4S. The number of carbonyl (C=O) groups is 2. The number of nitrogens with one attached hydrogen (secondary N) is 1. The van der Waals surface area contributed by atoms with E-state index < -0.39 is 11.8 Å². The normalized spacial score (nSPS) is 16.4. The summed E-state index contributed by atoms with van der Waals surface area (Å²) in [6, 6.07) is 12.9. The Morgan fingerprint density at radius 1 is 1.06 bits per heavy atom. The van der Waals surface area contributed by atoms with Gasteiger partial charge in [0.05, 0.1) is 18.9 Å². The van der Waals surface area contributed by atoms with Gasteiger partial charge in [-0.3, -0.25) is 19.8 Å². The summed E-state index contributed by atoms with van der Waals surface area (Å²) >= 11 is 5.28. The third kappa shape index (κ3) is 4.99. The van der Waals surface area contributed by atoms with E-state index in [4.69, 9.17) is 21.7 Å². The second kappa shape index (κ2) is 9.96. The number of nitrogens with zero attached hydrogens (tertiary/aromatic N) is 1. The minimum Gasteiger partial charge on any atom is -0.493 e. The van der Waals surface area contributed by atoms with Crippen LogP contribution in [-0.4, -0.2) is 30.1 Å². The Labute approximate surface area is 194 Å². The maximum Gasteiger partial charge on any atom is 0.270 e. The molecule has 0 unspecified atom stereocenters. The molecule has 32 heavy (non-hydrogen) atoms. The number of hydrogen-bond acceptors (Lipinski definition) is 5. The van der Waals surface area contributed by atoms with Crippen molar-refractivity contribution in [2.24, 2.45) is 0 Å². The average molecular weight is 453 g/mol. The van der Waals surface area contributed by atoms with Crippen LogP contribution in [0, 0.1) is 0 Å². The van der Waals surface area contributed by atoms with Crippen molar-refractivity contribution >= 4 is 40.9 Å². The van der Waals surface area contributed by atoms with Crippen LogP contribution in [0.15, 0.2) is 48.0 Å². The van der Waals surface area contributed by atoms with Crippen LogP contribution >= 0.6 is 12.2 Å². The molecule has 6 nitrogen and oxygen atoms in total. The Hall–Kier alpha value is -3.19. The second-order valence-electron chi connectivity index (χ2n) is 7.95. The largest absolute Gasteiger partial charge is 0.493 e. The molecular weight excluding hydrogens is 424 g/mol. The molecule has 0 saturated carbocycles. The predicted octanol–water partition coefficient (Wildman–Crippen LogP) is 4.83. The van der Waals surface area contributed by atoms with Crippen LogP contribution in [0.1, 0.15) is 51.2 Å². The molecule has 2 aromatic rings. The van der Waals surface area contributed by atoms with Crippen LogP contribution in [0.25, 0.3) is 6.08 Å². The highest BCUT2D eigenvalue weighted by atomic mass is 32.1. The first-order chi connectivity index (χ1) is 15.2. The lowest BCUT2D eigenvalue weighted by atomic mass is 10.0. The number of ether oxygens (including phenoxy) is 2. The number of amides is 2. The third-order valence-corrected chi connectivity index (χ3v) is 5.61. The molecule has 0 spiro atoms. The zero-order valence-corrected chi connectivity index (χ0v) is 19.8. The highest BCUT2D eigenvalue weighted by molar-refractivity contribution is 7.80. The fraction of sp³-hybridized carbons (Fsp3) is 0.320. The van der Waals surface area contributed by atoms with E-state index in [1.54, 1.807) is 25.3 Å². The maximum absolute atomic E-state index is 13.2. The van der Waals surface area contributed by atoms with E-state index in [-0.39, 0.29) is 16.8 Å². The Morgan fingerprint density at radius 3 is 2.34 bits per heavy atom. The summed E-state index contributed by atoms with van der Waals surface area (Å²) in [5.74, 6) is 0.491. The van der Waals surface area contributed by atoms with Gasteiger partial charge in [0.15, 0.2) is 16.6 Å². The van der Waals surface area contributed by atoms with Crippen molar-refractivity contribution in [1.29, 1.82) is 0 Å². The second-order valence-corrected chi connectivity index (χ2v) is 8.34. The van der Waals surface area contributed by atoms with Gasteiger partial charge in [-0.05, 0) is 72.9 Å². The topological polar surface area (TPSA) is 67.9 Å². The van der Waals surface area contributed by atoms with Crippen molar-refractivity contribution in [2.75, 3.05) is 12.0 Å². The molecule has 1 fully saturated rings. The number of benzene rings is 2. The van der Waals surface area contributed by atoms with Crippen molar-refractivity contribution in [3.8, 4) is 11.5 Å². The van der Waals surface area contributed by atoms with Gasteiger partial charge < -0.3 is 9.47 Å². The molecule has 1 aliphatic rings. The molecule has 1 aliphatic heterocycles. The number of thiocarbonyl (C=S) groups is 1. The highest BCUT2D eigenvalue weighted by Crippen LogP contribution is 2.31. The summed E-state index contributed by atoms with van der Waals surface area (Å²) in [5, 5.41) is 2.67. The number of hydrogen-bond donors (Lipinski definition) is 1. The smallest absolute Gasteiger partial charge is 0.270 e. The molecule has 168 valence electrons. The van der Waals surface area contributed by atoms with Gasteiger partial charge in [0.2, 0.25) is 0 Å². The van der Waals surface area contributed by atoms with Crippen LogP contribution in [0.2, 0.25) is 0 Å². The number of anilines is 1. The lowest BCUT2D eigenvalue weighted by Crippen LogP contribution is -2.54. The van der Waals surface area contributed by atoms with Gasteiger partial charge >= 0.3 is 0 Å². The monoisotopic (exact) mass is 452 g/mol. The summed E-state index contributed by atoms with van der Waals surface area (Å²) in [5.41, 5.74) is 2.38. The lowest BCUT2D eigenvalue weighted by Gasteiger charge is -2.29. The van der Waals surface area contributed by atoms with Crippen LogP contribution in [0.5, 0.6) is 11.5 Å². The van der Waals surface area contributed by atoms with E-state index in [1.807, 2.05) is 38.1 Å². The maximum atomic E-state index is 13.2. The molecule has 2 amide bonds. The van der Waals surface area contributed by atoms with Gasteiger partial charge in [0.1, 0.15) is 5.57 Å². The standard InChI is InChI=1S/C25H28N2O4S/c1-6-16(4)31-21-12-7-17(14-22(21)30-5)13-20-23(28)26-25(32)27(24(20)29)19-10-8-18(9-11-19)15(2)3/h7-16H,6H2,1-5H3,(H,26,28,32)/b20-13+/t16-/m1/s1. The minimum absolute atomic E-state index is 0.0100. The summed E-state index contributed by atoms with van der Waals surface area (Å²) in [6.07, 6.45) is 2.43. The fourth-order valence-electron chi connectivity index (χ4n) is 3.24. The number of carbonyl (C=O) groups excluding carboxylic acids is 2. The quantitative estimate of drug-likeness (QED) is 0.370. The fourth-order valence-corrected chi connectivity index (χ4v) is 3.52. The molecule has 7 heteroatoms. The van der Waals surface area contributed by atoms with E-state index in [0.29, 0.717) is 28.7 Å². The Bertz CT molecular complexity index is 1060. The number of methoxy groups -OCH3 is 1. The van der Waals surface area contributed by atoms with E-state index >= 15 is 0 Å². The van der Waals surface area contributed by atoms with E-state index in [1.165, 1.54) is 11.0 Å². The number of rotatable bonds is 7. The van der Waals surface area contributed by atoms with Gasteiger partial charge in [-0.2, -0.15) is 0 Å². The molecule has 0 radical (unpaired) electrons. The van der Waals surface area contributed by atoms with Crippen LogP contribution in [0.3, 0.4) is 0 Å². The first-order valence-electron chi connectivity index (χ1n) is 10.6. The Morgan fingerprint density at radius 2 is 1.75 bits per heavy atom. The Kier molecular flexibility index (Phi) is 7.30. The average Bonchev–Trinajstić information content (AvgIpc) is 2.77. The van der Waals surface area contributed by atoms with Gasteiger partial charge in [-0.15, -0.1) is 0 Å². The van der Waals surface area contributed by atoms with Crippen LogP contribution in [-0.2, 0) is 9.59 Å².